The number of unbranched alkanes of at least 4 members (excludes halogenated alkanes) is 2. The Morgan fingerprint density at radius 1 is 1.09 bits per heavy atom. The van der Waals surface area contributed by atoms with E-state index in [0.717, 1.165) is 49.3 Å². The van der Waals surface area contributed by atoms with Gasteiger partial charge in [-0.1, -0.05) is 46.5 Å². The topological polar surface area (TPSA) is 38.8 Å². The van der Waals surface area contributed by atoms with Crippen LogP contribution in [-0.2, 0) is 4.79 Å². The van der Waals surface area contributed by atoms with Gasteiger partial charge in [-0.15, -0.1) is 0 Å². The Balaban J connectivity index is 1.57. The van der Waals surface area contributed by atoms with Gasteiger partial charge in [-0.2, -0.15) is 0 Å². The van der Waals surface area contributed by atoms with Crippen molar-refractivity contribution >= 4 is 11.5 Å². The Hall–Kier alpha value is -1.81. The molecule has 2 aliphatic heterocycles. The predicted molar refractivity (Wildman–Crippen MR) is 144 cm³/mol. The van der Waals surface area contributed by atoms with Crippen LogP contribution in [0.15, 0.2) is 17.7 Å². The molecule has 0 bridgehead atoms. The molecule has 4 rings (SSSR count). The number of carbonyl (C=O) groups excluding carboxylic acids is 1. The van der Waals surface area contributed by atoms with Gasteiger partial charge in [0.2, 0.25) is 0 Å². The van der Waals surface area contributed by atoms with Crippen molar-refractivity contribution in [2.45, 2.75) is 117 Å². The third kappa shape index (κ3) is 6.13. The molecular weight excluding hydrogens is 434 g/mol. The van der Waals surface area contributed by atoms with E-state index in [1.807, 2.05) is 0 Å². The monoisotopic (exact) mass is 481 g/mol. The first-order chi connectivity index (χ1) is 16.8. The molecule has 1 saturated heterocycles. The maximum Gasteiger partial charge on any atom is 0.311 e. The molecule has 1 aromatic carbocycles. The summed E-state index contributed by atoms with van der Waals surface area (Å²) in [5.41, 5.74) is 4.70. The molecule has 0 radical (unpaired) electrons. The zero-order valence-corrected chi connectivity index (χ0v) is 22.9. The van der Waals surface area contributed by atoms with E-state index < -0.39 is 0 Å². The summed E-state index contributed by atoms with van der Waals surface area (Å²) in [4.78, 5) is 15.4. The lowest BCUT2D eigenvalue weighted by atomic mass is 9.82. The molecule has 4 nitrogen and oxygen atoms in total. The molecule has 1 aliphatic carbocycles. The van der Waals surface area contributed by atoms with E-state index in [2.05, 4.69) is 51.7 Å². The molecule has 1 aromatic rings. The fraction of sp³-hybridized carbons (Fsp3) is 0.710. The lowest BCUT2D eigenvalue weighted by Crippen LogP contribution is -2.34. The summed E-state index contributed by atoms with van der Waals surface area (Å²) < 4.78 is 12.8. The Morgan fingerprint density at radius 2 is 1.86 bits per heavy atom. The van der Waals surface area contributed by atoms with E-state index in [4.69, 9.17) is 9.47 Å². The van der Waals surface area contributed by atoms with Crippen LogP contribution in [0.4, 0.5) is 0 Å². The summed E-state index contributed by atoms with van der Waals surface area (Å²) in [6.45, 7) is 14.6. The van der Waals surface area contributed by atoms with Crippen molar-refractivity contribution in [2.75, 3.05) is 19.6 Å². The second-order valence-electron chi connectivity index (χ2n) is 11.7. The summed E-state index contributed by atoms with van der Waals surface area (Å²) in [6.07, 6.45) is 12.2. The molecule has 2 heterocycles. The molecule has 35 heavy (non-hydrogen) atoms. The Morgan fingerprint density at radius 3 is 2.60 bits per heavy atom. The van der Waals surface area contributed by atoms with Crippen LogP contribution in [-0.4, -0.2) is 36.1 Å². The van der Waals surface area contributed by atoms with Gasteiger partial charge in [0.1, 0.15) is 17.1 Å². The van der Waals surface area contributed by atoms with Crippen LogP contribution < -0.4 is 9.47 Å². The standard InChI is InChI=1S/C31H47NO3/c1-6-7-8-13-22(2)23(3)24-20-27(34-29(33)16-12-19-32-17-9-10-18-32)30-25-14-11-15-26(25)31(4,5)35-28(30)21-24/h20-23H,6-19H2,1-5H3. The molecule has 0 saturated carbocycles. The van der Waals surface area contributed by atoms with Crippen LogP contribution in [0.2, 0.25) is 0 Å². The van der Waals surface area contributed by atoms with Crippen molar-refractivity contribution in [2.24, 2.45) is 5.92 Å². The van der Waals surface area contributed by atoms with Crippen LogP contribution in [0.1, 0.15) is 122 Å². The minimum absolute atomic E-state index is 0.114. The number of hydrogen-bond donors (Lipinski definition) is 0. The second kappa shape index (κ2) is 11.5. The van der Waals surface area contributed by atoms with Gasteiger partial charge < -0.3 is 14.4 Å². The van der Waals surface area contributed by atoms with Gasteiger partial charge in [0.05, 0.1) is 5.56 Å². The molecular formula is C31H47NO3. The van der Waals surface area contributed by atoms with Crippen LogP contribution in [0.3, 0.4) is 0 Å². The summed E-state index contributed by atoms with van der Waals surface area (Å²) in [5, 5.41) is 0. The first-order valence-electron chi connectivity index (χ1n) is 14.3. The minimum Gasteiger partial charge on any atom is -0.483 e. The molecule has 194 valence electrons. The van der Waals surface area contributed by atoms with Crippen LogP contribution in [0, 0.1) is 5.92 Å². The van der Waals surface area contributed by atoms with Gasteiger partial charge in [-0.3, -0.25) is 4.79 Å². The average Bonchev–Trinajstić information content (AvgIpc) is 3.51. The van der Waals surface area contributed by atoms with Gasteiger partial charge in [0.15, 0.2) is 0 Å². The minimum atomic E-state index is -0.301. The van der Waals surface area contributed by atoms with Crippen LogP contribution in [0.25, 0.3) is 5.57 Å². The summed E-state index contributed by atoms with van der Waals surface area (Å²) in [6, 6.07) is 4.40. The number of allylic oxidation sites excluding steroid dienone is 1. The van der Waals surface area contributed by atoms with Crippen molar-refractivity contribution in [3.8, 4) is 11.5 Å². The van der Waals surface area contributed by atoms with E-state index in [9.17, 15) is 4.79 Å². The Kier molecular flexibility index (Phi) is 8.63. The Labute approximate surface area is 213 Å². The molecule has 0 aromatic heterocycles. The number of carbonyl (C=O) groups is 1. The van der Waals surface area contributed by atoms with E-state index in [0.29, 0.717) is 18.3 Å². The summed E-state index contributed by atoms with van der Waals surface area (Å²) in [5.74, 6) is 2.47. The van der Waals surface area contributed by atoms with E-state index >= 15 is 0 Å². The van der Waals surface area contributed by atoms with Gasteiger partial charge in [-0.25, -0.2) is 0 Å². The van der Waals surface area contributed by atoms with Crippen molar-refractivity contribution in [1.29, 1.82) is 0 Å². The first-order valence-corrected chi connectivity index (χ1v) is 14.3. The maximum absolute atomic E-state index is 13.0. The summed E-state index contributed by atoms with van der Waals surface area (Å²) in [7, 11) is 0. The average molecular weight is 482 g/mol. The fourth-order valence-corrected chi connectivity index (χ4v) is 6.27. The highest BCUT2D eigenvalue weighted by atomic mass is 16.5. The van der Waals surface area contributed by atoms with Crippen LogP contribution >= 0.6 is 0 Å². The number of ether oxygens (including phenoxy) is 2. The number of fused-ring (bicyclic) bond motifs is 2. The SMILES string of the molecule is CCCCCC(C)C(C)c1cc(OC(=O)CCCN2CCCC2)c2c(c1)OC(C)(C)C1=C2CCC1. The van der Waals surface area contributed by atoms with Gasteiger partial charge >= 0.3 is 5.97 Å². The Bertz CT molecular complexity index is 925. The van der Waals surface area contributed by atoms with E-state index in [-0.39, 0.29) is 11.6 Å². The predicted octanol–water partition coefficient (Wildman–Crippen LogP) is 7.90. The first kappa shape index (κ1) is 26.3. The van der Waals surface area contributed by atoms with Gasteiger partial charge in [0.25, 0.3) is 0 Å². The number of benzene rings is 1. The van der Waals surface area contributed by atoms with E-state index in [1.54, 1.807) is 0 Å². The lowest BCUT2D eigenvalue weighted by Gasteiger charge is -2.36. The molecule has 4 heteroatoms. The van der Waals surface area contributed by atoms with Gasteiger partial charge in [0, 0.05) is 6.42 Å². The van der Waals surface area contributed by atoms with Gasteiger partial charge in [-0.05, 0) is 113 Å². The third-order valence-corrected chi connectivity index (χ3v) is 8.62. The normalized spacial score (nSPS) is 20.8. The highest BCUT2D eigenvalue weighted by molar-refractivity contribution is 5.84. The highest BCUT2D eigenvalue weighted by Crippen LogP contribution is 2.52. The fourth-order valence-electron chi connectivity index (χ4n) is 6.27. The number of esters is 1. The maximum atomic E-state index is 13.0. The molecule has 3 aliphatic rings. The van der Waals surface area contributed by atoms with Crippen molar-refractivity contribution in [1.82, 2.24) is 4.90 Å². The molecule has 2 atom stereocenters. The van der Waals surface area contributed by atoms with Crippen molar-refractivity contribution in [3.63, 3.8) is 0 Å². The van der Waals surface area contributed by atoms with E-state index in [1.165, 1.54) is 68.3 Å². The zero-order valence-electron chi connectivity index (χ0n) is 22.9. The highest BCUT2D eigenvalue weighted by Gasteiger charge is 2.39. The summed E-state index contributed by atoms with van der Waals surface area (Å²) >= 11 is 0. The number of nitrogens with zero attached hydrogens (tertiary/aromatic N) is 1. The quantitative estimate of drug-likeness (QED) is 0.183. The molecule has 2 unspecified atom stereocenters. The van der Waals surface area contributed by atoms with Crippen LogP contribution in [0.5, 0.6) is 11.5 Å². The molecule has 0 amide bonds. The molecule has 0 N–H and O–H groups in total. The molecule has 1 fully saturated rings. The lowest BCUT2D eigenvalue weighted by molar-refractivity contribution is -0.134. The zero-order chi connectivity index (χ0) is 25.0. The van der Waals surface area contributed by atoms with Crippen molar-refractivity contribution < 1.29 is 14.3 Å². The number of rotatable bonds is 11. The smallest absolute Gasteiger partial charge is 0.311 e. The largest absolute Gasteiger partial charge is 0.483 e. The number of hydrogen-bond acceptors (Lipinski definition) is 4. The van der Waals surface area contributed by atoms with Crippen molar-refractivity contribution in [3.05, 3.63) is 28.8 Å². The molecule has 0 spiro atoms. The third-order valence-electron chi connectivity index (χ3n) is 8.62. The second-order valence-corrected chi connectivity index (χ2v) is 11.7. The number of likely N-dealkylation sites (tertiary alicyclic amines) is 1.